The quantitative estimate of drug-likeness (QED) is 0.664. The highest BCUT2D eigenvalue weighted by atomic mass is 32.2. The zero-order valence-corrected chi connectivity index (χ0v) is 15.5. The number of ether oxygens (including phenoxy) is 1. The molecule has 26 heavy (non-hydrogen) atoms. The predicted molar refractivity (Wildman–Crippen MR) is 104 cm³/mol. The molecule has 1 atom stereocenters. The number of carbonyl (C=O) groups is 1. The number of aromatic nitrogens is 1. The molecule has 1 aliphatic rings. The summed E-state index contributed by atoms with van der Waals surface area (Å²) < 4.78 is 6.43. The number of fused-ring (bicyclic) bond motifs is 2. The highest BCUT2D eigenvalue weighted by Gasteiger charge is 2.32. The van der Waals surface area contributed by atoms with Crippen molar-refractivity contribution in [3.63, 3.8) is 0 Å². The first-order chi connectivity index (χ1) is 12.6. The zero-order chi connectivity index (χ0) is 18.3. The second kappa shape index (κ2) is 6.65. The first-order valence-corrected chi connectivity index (χ1v) is 9.51. The standard InChI is InChI=1S/C21H19NO3S/c1-13-16(10-15-8-5-7-14-6-3-4-9-17(14)15)11-19(23)22-18(21(24)25-2)12-26-20(13)22/h3-9,11,18H,10,12H2,1-2H3/t18-/m0/s1. The lowest BCUT2D eigenvalue weighted by Gasteiger charge is -2.15. The average molecular weight is 365 g/mol. The maximum Gasteiger partial charge on any atom is 0.329 e. The summed E-state index contributed by atoms with van der Waals surface area (Å²) in [6.45, 7) is 2.03. The summed E-state index contributed by atoms with van der Waals surface area (Å²) in [5, 5.41) is 3.28. The fourth-order valence-corrected chi connectivity index (χ4v) is 4.90. The number of pyridine rings is 1. The Morgan fingerprint density at radius 3 is 2.77 bits per heavy atom. The molecule has 0 unspecified atom stereocenters. The second-order valence-electron chi connectivity index (χ2n) is 6.47. The Kier molecular flexibility index (Phi) is 4.32. The fraction of sp³-hybridized carbons (Fsp3) is 0.238. The van der Waals surface area contributed by atoms with Crippen LogP contribution in [0.25, 0.3) is 10.8 Å². The van der Waals surface area contributed by atoms with E-state index in [-0.39, 0.29) is 11.5 Å². The van der Waals surface area contributed by atoms with Crippen molar-refractivity contribution in [2.75, 3.05) is 12.9 Å². The number of hydrogen-bond donors (Lipinski definition) is 0. The van der Waals surface area contributed by atoms with Crippen LogP contribution in [0, 0.1) is 6.92 Å². The molecular formula is C21H19NO3S. The molecule has 1 aliphatic heterocycles. The minimum atomic E-state index is -0.530. The summed E-state index contributed by atoms with van der Waals surface area (Å²) in [7, 11) is 1.36. The van der Waals surface area contributed by atoms with E-state index in [1.54, 1.807) is 22.4 Å². The number of nitrogens with zero attached hydrogens (tertiary/aromatic N) is 1. The Balaban J connectivity index is 1.79. The average Bonchev–Trinajstić information content (AvgIpc) is 3.11. The Morgan fingerprint density at radius 2 is 1.96 bits per heavy atom. The van der Waals surface area contributed by atoms with Crippen LogP contribution >= 0.6 is 11.8 Å². The molecule has 2 heterocycles. The summed E-state index contributed by atoms with van der Waals surface area (Å²) in [4.78, 5) is 24.7. The Hall–Kier alpha value is -2.53. The van der Waals surface area contributed by atoms with E-state index in [2.05, 4.69) is 30.3 Å². The molecule has 3 aromatic rings. The van der Waals surface area contributed by atoms with Gasteiger partial charge in [0.2, 0.25) is 0 Å². The lowest BCUT2D eigenvalue weighted by Crippen LogP contribution is -2.30. The normalized spacial score (nSPS) is 15.8. The van der Waals surface area contributed by atoms with Crippen LogP contribution in [-0.2, 0) is 16.0 Å². The number of carbonyl (C=O) groups excluding carboxylic acids is 1. The first-order valence-electron chi connectivity index (χ1n) is 8.52. The van der Waals surface area contributed by atoms with Gasteiger partial charge in [0, 0.05) is 11.8 Å². The van der Waals surface area contributed by atoms with Crippen LogP contribution in [0.1, 0.15) is 22.7 Å². The van der Waals surface area contributed by atoms with Gasteiger partial charge in [-0.25, -0.2) is 4.79 Å². The molecular weight excluding hydrogens is 346 g/mol. The summed E-state index contributed by atoms with van der Waals surface area (Å²) in [6.07, 6.45) is 0.694. The maximum absolute atomic E-state index is 12.7. The summed E-state index contributed by atoms with van der Waals surface area (Å²) >= 11 is 1.55. The van der Waals surface area contributed by atoms with Crippen molar-refractivity contribution in [3.8, 4) is 0 Å². The van der Waals surface area contributed by atoms with E-state index >= 15 is 0 Å². The lowest BCUT2D eigenvalue weighted by atomic mass is 9.97. The predicted octanol–water partition coefficient (Wildman–Crippen LogP) is 3.72. The van der Waals surface area contributed by atoms with Crippen molar-refractivity contribution in [3.05, 3.63) is 75.6 Å². The number of thioether (sulfide) groups is 1. The minimum Gasteiger partial charge on any atom is -0.467 e. The lowest BCUT2D eigenvalue weighted by molar-refractivity contribution is -0.143. The van der Waals surface area contributed by atoms with Crippen LogP contribution in [0.2, 0.25) is 0 Å². The van der Waals surface area contributed by atoms with Gasteiger partial charge in [-0.15, -0.1) is 11.8 Å². The van der Waals surface area contributed by atoms with Crippen molar-refractivity contribution in [1.29, 1.82) is 0 Å². The number of rotatable bonds is 3. The smallest absolute Gasteiger partial charge is 0.329 e. The van der Waals surface area contributed by atoms with Gasteiger partial charge in [-0.3, -0.25) is 9.36 Å². The van der Waals surface area contributed by atoms with Gasteiger partial charge in [-0.2, -0.15) is 0 Å². The van der Waals surface area contributed by atoms with Gasteiger partial charge >= 0.3 is 5.97 Å². The number of hydrogen-bond acceptors (Lipinski definition) is 4. The molecule has 0 spiro atoms. The Bertz CT molecular complexity index is 1070. The second-order valence-corrected chi connectivity index (χ2v) is 7.48. The molecule has 5 heteroatoms. The van der Waals surface area contributed by atoms with Crippen LogP contribution in [0.5, 0.6) is 0 Å². The molecule has 0 radical (unpaired) electrons. The Morgan fingerprint density at radius 1 is 1.19 bits per heavy atom. The van der Waals surface area contributed by atoms with Gasteiger partial charge in [0.1, 0.15) is 6.04 Å². The number of esters is 1. The number of methoxy groups -OCH3 is 1. The molecule has 0 saturated carbocycles. The molecule has 4 nitrogen and oxygen atoms in total. The van der Waals surface area contributed by atoms with Gasteiger partial charge in [-0.05, 0) is 40.8 Å². The maximum atomic E-state index is 12.7. The molecule has 0 bridgehead atoms. The summed E-state index contributed by atoms with van der Waals surface area (Å²) in [5.74, 6) is 0.181. The van der Waals surface area contributed by atoms with Crippen molar-refractivity contribution in [2.45, 2.75) is 24.4 Å². The first kappa shape index (κ1) is 16.9. The van der Waals surface area contributed by atoms with Crippen LogP contribution in [0.3, 0.4) is 0 Å². The SMILES string of the molecule is COC(=O)[C@@H]1CSc2c(C)c(Cc3cccc4ccccc34)cc(=O)n21. The number of benzene rings is 2. The highest BCUT2D eigenvalue weighted by molar-refractivity contribution is 7.99. The van der Waals surface area contributed by atoms with Gasteiger partial charge in [0.25, 0.3) is 5.56 Å². The van der Waals surface area contributed by atoms with Gasteiger partial charge < -0.3 is 4.74 Å². The van der Waals surface area contributed by atoms with Crippen LogP contribution in [0.15, 0.2) is 58.4 Å². The largest absolute Gasteiger partial charge is 0.467 e. The molecule has 0 N–H and O–H groups in total. The highest BCUT2D eigenvalue weighted by Crippen LogP contribution is 2.36. The van der Waals surface area contributed by atoms with Crippen molar-refractivity contribution >= 4 is 28.5 Å². The van der Waals surface area contributed by atoms with Crippen molar-refractivity contribution in [2.24, 2.45) is 0 Å². The molecule has 0 saturated heterocycles. The van der Waals surface area contributed by atoms with E-state index in [0.717, 1.165) is 16.2 Å². The van der Waals surface area contributed by atoms with E-state index in [0.29, 0.717) is 12.2 Å². The minimum absolute atomic E-state index is 0.138. The van der Waals surface area contributed by atoms with Crippen LogP contribution in [0.4, 0.5) is 0 Å². The third-order valence-electron chi connectivity index (χ3n) is 4.98. The monoisotopic (exact) mass is 365 g/mol. The van der Waals surface area contributed by atoms with E-state index in [1.165, 1.54) is 23.4 Å². The van der Waals surface area contributed by atoms with Crippen LogP contribution < -0.4 is 5.56 Å². The molecule has 132 valence electrons. The van der Waals surface area contributed by atoms with Crippen LogP contribution in [-0.4, -0.2) is 23.4 Å². The molecule has 4 rings (SSSR count). The van der Waals surface area contributed by atoms with E-state index in [9.17, 15) is 9.59 Å². The molecule has 2 aromatic carbocycles. The summed E-state index contributed by atoms with van der Waals surface area (Å²) in [5.41, 5.74) is 3.13. The van der Waals surface area contributed by atoms with Gasteiger partial charge in [0.05, 0.1) is 12.1 Å². The van der Waals surface area contributed by atoms with E-state index in [1.807, 2.05) is 19.1 Å². The third-order valence-corrected chi connectivity index (χ3v) is 6.24. The molecule has 0 aliphatic carbocycles. The molecule has 0 fully saturated rings. The van der Waals surface area contributed by atoms with Gasteiger partial charge in [0.15, 0.2) is 0 Å². The molecule has 0 amide bonds. The Labute approximate surface area is 155 Å². The van der Waals surface area contributed by atoms with Crippen molar-refractivity contribution in [1.82, 2.24) is 4.57 Å². The summed E-state index contributed by atoms with van der Waals surface area (Å²) in [6, 6.07) is 15.7. The van der Waals surface area contributed by atoms with Gasteiger partial charge in [-0.1, -0.05) is 42.5 Å². The van der Waals surface area contributed by atoms with E-state index < -0.39 is 6.04 Å². The zero-order valence-electron chi connectivity index (χ0n) is 14.7. The third kappa shape index (κ3) is 2.72. The van der Waals surface area contributed by atoms with Crippen molar-refractivity contribution < 1.29 is 9.53 Å². The molecule has 1 aromatic heterocycles. The fourth-order valence-electron chi connectivity index (χ4n) is 3.60. The topological polar surface area (TPSA) is 48.3 Å². The van der Waals surface area contributed by atoms with E-state index in [4.69, 9.17) is 4.74 Å².